The highest BCUT2D eigenvalue weighted by Crippen LogP contribution is 2.41. The van der Waals surface area contributed by atoms with Gasteiger partial charge in [0.25, 0.3) is 0 Å². The van der Waals surface area contributed by atoms with Gasteiger partial charge in [-0.2, -0.15) is 0 Å². The Bertz CT molecular complexity index is 1280. The minimum atomic E-state index is 0.652. The first-order valence-corrected chi connectivity index (χ1v) is 7.85. The van der Waals surface area contributed by atoms with Gasteiger partial charge in [0.1, 0.15) is 6.29 Å². The van der Waals surface area contributed by atoms with Crippen molar-refractivity contribution in [3.8, 4) is 0 Å². The number of aldehydes is 2. The quantitative estimate of drug-likeness (QED) is 0.250. The molecule has 5 rings (SSSR count). The molecule has 0 unspecified atom stereocenters. The maximum Gasteiger partial charge on any atom is 0.150 e. The second kappa shape index (κ2) is 4.62. The van der Waals surface area contributed by atoms with E-state index in [0.717, 1.165) is 55.7 Å². The zero-order valence-electron chi connectivity index (χ0n) is 12.7. The van der Waals surface area contributed by atoms with Gasteiger partial charge in [-0.1, -0.05) is 48.5 Å². The first kappa shape index (κ1) is 13.2. The van der Waals surface area contributed by atoms with Crippen molar-refractivity contribution >= 4 is 55.7 Å². The van der Waals surface area contributed by atoms with Gasteiger partial charge in [0.15, 0.2) is 6.29 Å². The predicted octanol–water partition coefficient (Wildman–Crippen LogP) is 5.36. The molecule has 0 spiro atoms. The van der Waals surface area contributed by atoms with Gasteiger partial charge < -0.3 is 0 Å². The number of hydrogen-bond acceptors (Lipinski definition) is 2. The Balaban J connectivity index is 2.26. The van der Waals surface area contributed by atoms with Crippen molar-refractivity contribution in [3.05, 3.63) is 71.8 Å². The summed E-state index contributed by atoms with van der Waals surface area (Å²) in [5, 5.41) is 8.52. The van der Waals surface area contributed by atoms with Crippen molar-refractivity contribution in [2.75, 3.05) is 0 Å². The molecule has 24 heavy (non-hydrogen) atoms. The average Bonchev–Trinajstić information content (AvgIpc) is 2.64. The lowest BCUT2D eigenvalue weighted by atomic mass is 9.87. The molecule has 112 valence electrons. The van der Waals surface area contributed by atoms with E-state index in [4.69, 9.17) is 0 Å². The summed E-state index contributed by atoms with van der Waals surface area (Å²) < 4.78 is 0. The summed E-state index contributed by atoms with van der Waals surface area (Å²) in [6.45, 7) is 0. The first-order valence-electron chi connectivity index (χ1n) is 7.85. The van der Waals surface area contributed by atoms with Gasteiger partial charge in [-0.3, -0.25) is 9.59 Å². The van der Waals surface area contributed by atoms with Crippen LogP contribution in [0.3, 0.4) is 0 Å². The van der Waals surface area contributed by atoms with Crippen molar-refractivity contribution in [1.82, 2.24) is 0 Å². The lowest BCUT2D eigenvalue weighted by Gasteiger charge is -2.16. The van der Waals surface area contributed by atoms with Gasteiger partial charge in [-0.15, -0.1) is 0 Å². The molecule has 0 heterocycles. The summed E-state index contributed by atoms with van der Waals surface area (Å²) >= 11 is 0. The fraction of sp³-hybridized carbons (Fsp3) is 0. The maximum atomic E-state index is 11.7. The van der Waals surface area contributed by atoms with E-state index in [1.807, 2.05) is 36.4 Å². The minimum Gasteiger partial charge on any atom is -0.298 e. The van der Waals surface area contributed by atoms with Gasteiger partial charge in [0.05, 0.1) is 0 Å². The molecule has 0 fully saturated rings. The Kier molecular flexibility index (Phi) is 2.54. The zero-order chi connectivity index (χ0) is 16.3. The molecule has 0 aromatic heterocycles. The summed E-state index contributed by atoms with van der Waals surface area (Å²) in [4.78, 5) is 23.0. The van der Waals surface area contributed by atoms with Crippen LogP contribution in [0.25, 0.3) is 43.1 Å². The largest absolute Gasteiger partial charge is 0.298 e. The lowest BCUT2D eigenvalue weighted by molar-refractivity contribution is 0.111. The third kappa shape index (κ3) is 1.55. The Hall–Kier alpha value is -3.26. The first-order chi connectivity index (χ1) is 11.8. The fourth-order valence-electron chi connectivity index (χ4n) is 3.95. The zero-order valence-corrected chi connectivity index (χ0v) is 12.7. The maximum absolute atomic E-state index is 11.7. The van der Waals surface area contributed by atoms with E-state index >= 15 is 0 Å². The molecular formula is C22H12O2. The van der Waals surface area contributed by atoms with Gasteiger partial charge >= 0.3 is 0 Å². The molecule has 0 amide bonds. The summed E-state index contributed by atoms with van der Waals surface area (Å²) in [6, 6.07) is 20.0. The molecular weight excluding hydrogens is 296 g/mol. The molecule has 0 radical (unpaired) electrons. The van der Waals surface area contributed by atoms with Crippen LogP contribution in [0.5, 0.6) is 0 Å². The van der Waals surface area contributed by atoms with E-state index in [2.05, 4.69) is 24.3 Å². The molecule has 0 saturated heterocycles. The molecule has 0 atom stereocenters. The fourth-order valence-corrected chi connectivity index (χ4v) is 3.95. The summed E-state index contributed by atoms with van der Waals surface area (Å²) in [5.74, 6) is 0. The Morgan fingerprint density at radius 3 is 2.12 bits per heavy atom. The van der Waals surface area contributed by atoms with E-state index in [1.165, 1.54) is 0 Å². The molecule has 0 N–H and O–H groups in total. The van der Waals surface area contributed by atoms with E-state index in [-0.39, 0.29) is 0 Å². The molecule has 0 aliphatic rings. The normalized spacial score (nSPS) is 11.7. The standard InChI is InChI=1S/C22H12O2/c23-11-13-9-15-7-8-16(12-24)22-18-6-2-4-14-3-1-5-17(20(14)18)19(10-13)21(15)22/h1-12H. The smallest absolute Gasteiger partial charge is 0.150 e. The second-order valence-corrected chi connectivity index (χ2v) is 6.14. The van der Waals surface area contributed by atoms with Crippen LogP contribution < -0.4 is 0 Å². The van der Waals surface area contributed by atoms with Crippen LogP contribution in [0.4, 0.5) is 0 Å². The van der Waals surface area contributed by atoms with Crippen molar-refractivity contribution in [2.45, 2.75) is 0 Å². The highest BCUT2D eigenvalue weighted by atomic mass is 16.1. The van der Waals surface area contributed by atoms with Crippen molar-refractivity contribution in [3.63, 3.8) is 0 Å². The van der Waals surface area contributed by atoms with Crippen molar-refractivity contribution in [1.29, 1.82) is 0 Å². The number of benzene rings is 5. The van der Waals surface area contributed by atoms with Crippen LogP contribution in [0.15, 0.2) is 60.7 Å². The Morgan fingerprint density at radius 2 is 1.38 bits per heavy atom. The summed E-state index contributed by atoms with van der Waals surface area (Å²) in [5.41, 5.74) is 1.34. The Morgan fingerprint density at radius 1 is 0.583 bits per heavy atom. The predicted molar refractivity (Wildman–Crippen MR) is 98.4 cm³/mol. The molecule has 5 aromatic carbocycles. The van der Waals surface area contributed by atoms with Crippen molar-refractivity contribution in [2.24, 2.45) is 0 Å². The van der Waals surface area contributed by atoms with E-state index in [1.54, 1.807) is 0 Å². The monoisotopic (exact) mass is 308 g/mol. The van der Waals surface area contributed by atoms with Gasteiger partial charge in [-0.05, 0) is 49.8 Å². The highest BCUT2D eigenvalue weighted by molar-refractivity contribution is 6.35. The summed E-state index contributed by atoms with van der Waals surface area (Å²) in [6.07, 6.45) is 1.79. The average molecular weight is 308 g/mol. The third-order valence-corrected chi connectivity index (χ3v) is 4.90. The van der Waals surface area contributed by atoms with Crippen molar-refractivity contribution < 1.29 is 9.59 Å². The molecule has 0 aliphatic carbocycles. The number of carbonyl (C=O) groups is 2. The molecule has 5 aromatic rings. The van der Waals surface area contributed by atoms with Gasteiger partial charge in [-0.25, -0.2) is 0 Å². The number of carbonyl (C=O) groups excluding carboxylic acids is 2. The van der Waals surface area contributed by atoms with Crippen LogP contribution in [-0.4, -0.2) is 12.6 Å². The molecule has 2 nitrogen and oxygen atoms in total. The number of fused-ring (bicyclic) bond motifs is 2. The summed E-state index contributed by atoms with van der Waals surface area (Å²) in [7, 11) is 0. The Labute approximate surface area is 137 Å². The van der Waals surface area contributed by atoms with E-state index in [0.29, 0.717) is 11.1 Å². The number of rotatable bonds is 2. The highest BCUT2D eigenvalue weighted by Gasteiger charge is 2.15. The minimum absolute atomic E-state index is 0.652. The van der Waals surface area contributed by atoms with Gasteiger partial charge in [0.2, 0.25) is 0 Å². The van der Waals surface area contributed by atoms with E-state index < -0.39 is 0 Å². The van der Waals surface area contributed by atoms with Crippen LogP contribution in [0.1, 0.15) is 20.7 Å². The van der Waals surface area contributed by atoms with Crippen LogP contribution in [0, 0.1) is 0 Å². The van der Waals surface area contributed by atoms with Gasteiger partial charge in [0, 0.05) is 16.5 Å². The van der Waals surface area contributed by atoms with E-state index in [9.17, 15) is 9.59 Å². The molecule has 0 bridgehead atoms. The molecule has 2 heteroatoms. The van der Waals surface area contributed by atoms with Crippen LogP contribution >= 0.6 is 0 Å². The molecule has 0 saturated carbocycles. The SMILES string of the molecule is O=Cc1cc2ccc(C=O)c3c4cccc5cccc(c(c1)c23)c54. The number of hydrogen-bond donors (Lipinski definition) is 0. The van der Waals surface area contributed by atoms with Crippen LogP contribution in [0.2, 0.25) is 0 Å². The lowest BCUT2D eigenvalue weighted by Crippen LogP contribution is -1.92. The topological polar surface area (TPSA) is 34.1 Å². The van der Waals surface area contributed by atoms with Crippen LogP contribution in [-0.2, 0) is 0 Å². The molecule has 0 aliphatic heterocycles. The second-order valence-electron chi connectivity index (χ2n) is 6.14. The third-order valence-electron chi connectivity index (χ3n) is 4.90.